The molecular weight excluding hydrogens is 395 g/mol. The van der Waals surface area contributed by atoms with Crippen molar-refractivity contribution in [3.8, 4) is 0 Å². The number of hydrogen-bond donors (Lipinski definition) is 1. The van der Waals surface area contributed by atoms with Crippen molar-refractivity contribution < 1.29 is 18.0 Å². The molecule has 1 saturated heterocycles. The maximum absolute atomic E-state index is 13.5. The summed E-state index contributed by atoms with van der Waals surface area (Å²) in [6.45, 7) is 2.95. The smallest absolute Gasteiger partial charge is 0.367 e. The normalized spacial score (nSPS) is 15.5. The summed E-state index contributed by atoms with van der Waals surface area (Å²) in [5.41, 5.74) is 1.93. The third kappa shape index (κ3) is 4.11. The average molecular weight is 417 g/mol. The summed E-state index contributed by atoms with van der Waals surface area (Å²) in [6.07, 6.45) is -4.66. The highest BCUT2D eigenvalue weighted by Crippen LogP contribution is 2.32. The van der Waals surface area contributed by atoms with Gasteiger partial charge in [0.05, 0.1) is 22.4 Å². The van der Waals surface area contributed by atoms with Gasteiger partial charge in [0.15, 0.2) is 0 Å². The Labute approximate surface area is 171 Å². The van der Waals surface area contributed by atoms with Gasteiger partial charge in [-0.15, -0.1) is 0 Å². The Hall–Kier alpha value is -3.07. The Morgan fingerprint density at radius 3 is 2.43 bits per heavy atom. The third-order valence-corrected chi connectivity index (χ3v) is 5.23. The van der Waals surface area contributed by atoms with Crippen molar-refractivity contribution in [3.05, 3.63) is 54.4 Å². The van der Waals surface area contributed by atoms with Crippen molar-refractivity contribution in [1.82, 2.24) is 14.5 Å². The number of piperazine rings is 1. The average Bonchev–Trinajstić information content (AvgIpc) is 3.08. The van der Waals surface area contributed by atoms with Gasteiger partial charge in [-0.2, -0.15) is 13.2 Å². The van der Waals surface area contributed by atoms with E-state index in [0.717, 1.165) is 36.4 Å². The number of aromatic nitrogens is 2. The predicted molar refractivity (Wildman–Crippen MR) is 110 cm³/mol. The van der Waals surface area contributed by atoms with Crippen LogP contribution in [-0.4, -0.2) is 53.6 Å². The van der Waals surface area contributed by atoms with Crippen LogP contribution in [0.15, 0.2) is 48.5 Å². The fourth-order valence-electron chi connectivity index (χ4n) is 3.69. The van der Waals surface area contributed by atoms with E-state index in [-0.39, 0.29) is 11.0 Å². The van der Waals surface area contributed by atoms with E-state index in [1.807, 2.05) is 12.1 Å². The van der Waals surface area contributed by atoms with E-state index in [9.17, 15) is 18.0 Å². The van der Waals surface area contributed by atoms with Crippen LogP contribution in [0.2, 0.25) is 0 Å². The number of likely N-dealkylation sites (N-methyl/N-ethyl adjacent to an activating group) is 1. The summed E-state index contributed by atoms with van der Waals surface area (Å²) in [5, 5.41) is 2.79. The van der Waals surface area contributed by atoms with Gasteiger partial charge in [0.2, 0.25) is 11.7 Å². The molecule has 1 fully saturated rings. The predicted octanol–water partition coefficient (Wildman–Crippen LogP) is 3.45. The molecule has 1 N–H and O–H groups in total. The van der Waals surface area contributed by atoms with E-state index in [1.165, 1.54) is 12.1 Å². The molecule has 0 unspecified atom stereocenters. The molecule has 158 valence electrons. The maximum atomic E-state index is 13.5. The quantitative estimate of drug-likeness (QED) is 0.707. The van der Waals surface area contributed by atoms with Crippen LogP contribution in [-0.2, 0) is 17.5 Å². The number of para-hydroxylation sites is 4. The highest BCUT2D eigenvalue weighted by atomic mass is 19.4. The molecule has 6 nitrogen and oxygen atoms in total. The molecule has 0 saturated carbocycles. The summed E-state index contributed by atoms with van der Waals surface area (Å²) in [7, 11) is 2.05. The molecule has 0 atom stereocenters. The second-order valence-electron chi connectivity index (χ2n) is 7.36. The first kappa shape index (κ1) is 20.2. The first-order valence-electron chi connectivity index (χ1n) is 9.68. The summed E-state index contributed by atoms with van der Waals surface area (Å²) >= 11 is 0. The summed E-state index contributed by atoms with van der Waals surface area (Å²) in [6, 6.07) is 13.6. The molecule has 30 heavy (non-hydrogen) atoms. The standard InChI is InChI=1S/C21H22F3N5O/c1-27-10-12-28(13-11-27)17-8-4-2-6-15(17)25-19(30)14-29-18-9-5-3-7-16(18)26-20(29)21(22,23)24/h2-9H,10-14H2,1H3,(H,25,30). The minimum atomic E-state index is -4.66. The number of nitrogens with one attached hydrogen (secondary N) is 1. The fraction of sp³-hybridized carbons (Fsp3) is 0.333. The Morgan fingerprint density at radius 2 is 1.70 bits per heavy atom. The third-order valence-electron chi connectivity index (χ3n) is 5.23. The largest absolute Gasteiger partial charge is 0.449 e. The van der Waals surface area contributed by atoms with Gasteiger partial charge in [0, 0.05) is 26.2 Å². The second-order valence-corrected chi connectivity index (χ2v) is 7.36. The van der Waals surface area contributed by atoms with Crippen molar-refractivity contribution in [2.75, 3.05) is 43.4 Å². The topological polar surface area (TPSA) is 53.4 Å². The zero-order valence-corrected chi connectivity index (χ0v) is 16.5. The van der Waals surface area contributed by atoms with Gasteiger partial charge in [0.25, 0.3) is 0 Å². The number of benzene rings is 2. The van der Waals surface area contributed by atoms with Crippen LogP contribution in [0, 0.1) is 0 Å². The molecule has 0 spiro atoms. The lowest BCUT2D eigenvalue weighted by Gasteiger charge is -2.35. The Morgan fingerprint density at radius 1 is 1.03 bits per heavy atom. The van der Waals surface area contributed by atoms with Gasteiger partial charge in [-0.3, -0.25) is 4.79 Å². The van der Waals surface area contributed by atoms with Crippen LogP contribution in [0.25, 0.3) is 11.0 Å². The number of fused-ring (bicyclic) bond motifs is 1. The highest BCUT2D eigenvalue weighted by Gasteiger charge is 2.38. The Kier molecular flexibility index (Phi) is 5.38. The molecular formula is C21H22F3N5O. The van der Waals surface area contributed by atoms with Gasteiger partial charge in [-0.25, -0.2) is 4.98 Å². The van der Waals surface area contributed by atoms with Crippen LogP contribution in [0.3, 0.4) is 0 Å². The monoisotopic (exact) mass is 417 g/mol. The SMILES string of the molecule is CN1CCN(c2ccccc2NC(=O)Cn2c(C(F)(F)F)nc3ccccc32)CC1. The molecule has 9 heteroatoms. The number of carbonyl (C=O) groups is 1. The lowest BCUT2D eigenvalue weighted by Crippen LogP contribution is -2.44. The van der Waals surface area contributed by atoms with Gasteiger partial charge >= 0.3 is 6.18 Å². The molecule has 1 aliphatic heterocycles. The Balaban J connectivity index is 1.58. The zero-order valence-electron chi connectivity index (χ0n) is 16.5. The van der Waals surface area contributed by atoms with E-state index in [0.29, 0.717) is 5.69 Å². The molecule has 1 aliphatic rings. The number of amides is 1. The summed E-state index contributed by atoms with van der Waals surface area (Å²) < 4.78 is 41.4. The van der Waals surface area contributed by atoms with Crippen molar-refractivity contribution in [3.63, 3.8) is 0 Å². The van der Waals surface area contributed by atoms with E-state index >= 15 is 0 Å². The maximum Gasteiger partial charge on any atom is 0.449 e. The van der Waals surface area contributed by atoms with Gasteiger partial charge < -0.3 is 19.7 Å². The molecule has 3 aromatic rings. The number of alkyl halides is 3. The van der Waals surface area contributed by atoms with E-state index in [1.54, 1.807) is 24.3 Å². The van der Waals surface area contributed by atoms with E-state index in [2.05, 4.69) is 27.1 Å². The first-order chi connectivity index (χ1) is 14.3. The minimum Gasteiger partial charge on any atom is -0.367 e. The van der Waals surface area contributed by atoms with E-state index < -0.39 is 24.5 Å². The number of halogens is 3. The first-order valence-corrected chi connectivity index (χ1v) is 9.68. The second kappa shape index (κ2) is 7.98. The minimum absolute atomic E-state index is 0.204. The molecule has 0 bridgehead atoms. The van der Waals surface area contributed by atoms with Crippen molar-refractivity contribution in [1.29, 1.82) is 0 Å². The zero-order chi connectivity index (χ0) is 21.3. The van der Waals surface area contributed by atoms with Gasteiger partial charge in [0.1, 0.15) is 6.54 Å². The Bertz CT molecular complexity index is 1050. The number of carbonyl (C=O) groups excluding carboxylic acids is 1. The van der Waals surface area contributed by atoms with Gasteiger partial charge in [-0.1, -0.05) is 24.3 Å². The van der Waals surface area contributed by atoms with Gasteiger partial charge in [-0.05, 0) is 31.3 Å². The molecule has 0 aliphatic carbocycles. The lowest BCUT2D eigenvalue weighted by molar-refractivity contribution is -0.147. The molecule has 2 heterocycles. The fourth-order valence-corrected chi connectivity index (χ4v) is 3.69. The molecule has 4 rings (SSSR count). The molecule has 1 aromatic heterocycles. The van der Waals surface area contributed by atoms with Crippen LogP contribution < -0.4 is 10.2 Å². The highest BCUT2D eigenvalue weighted by molar-refractivity contribution is 5.95. The van der Waals surface area contributed by atoms with Crippen molar-refractivity contribution in [2.24, 2.45) is 0 Å². The summed E-state index contributed by atoms with van der Waals surface area (Å²) in [5.74, 6) is -1.61. The van der Waals surface area contributed by atoms with Crippen LogP contribution in [0.1, 0.15) is 5.82 Å². The number of imidazole rings is 1. The molecule has 1 amide bonds. The summed E-state index contributed by atoms with van der Waals surface area (Å²) in [4.78, 5) is 20.8. The van der Waals surface area contributed by atoms with Crippen LogP contribution in [0.4, 0.5) is 24.5 Å². The number of rotatable bonds is 4. The molecule has 0 radical (unpaired) electrons. The van der Waals surface area contributed by atoms with Crippen LogP contribution >= 0.6 is 0 Å². The van der Waals surface area contributed by atoms with Crippen molar-refractivity contribution >= 4 is 28.3 Å². The van der Waals surface area contributed by atoms with E-state index in [4.69, 9.17) is 0 Å². The molecule has 2 aromatic carbocycles. The van der Waals surface area contributed by atoms with Crippen LogP contribution in [0.5, 0.6) is 0 Å². The number of anilines is 2. The number of hydrogen-bond acceptors (Lipinski definition) is 4. The van der Waals surface area contributed by atoms with Crippen molar-refractivity contribution in [2.45, 2.75) is 12.7 Å². The lowest BCUT2D eigenvalue weighted by atomic mass is 10.2. The number of nitrogens with zero attached hydrogens (tertiary/aromatic N) is 4.